The summed E-state index contributed by atoms with van der Waals surface area (Å²) in [6.07, 6.45) is 2.04. The molecule has 0 amide bonds. The third-order valence-corrected chi connectivity index (χ3v) is 5.81. The molecule has 110 valence electrons. The Morgan fingerprint density at radius 1 is 1.05 bits per heavy atom. The van der Waals surface area contributed by atoms with Gasteiger partial charge >= 0.3 is 0 Å². The van der Waals surface area contributed by atoms with Crippen LogP contribution in [0.3, 0.4) is 0 Å². The molecule has 1 N–H and O–H groups in total. The SMILES string of the molecule is CSc1cccc2sc(Nc3nc4ccc(F)cc4s3)nc12. The second kappa shape index (κ2) is 5.49. The van der Waals surface area contributed by atoms with E-state index in [1.807, 2.05) is 12.3 Å². The Morgan fingerprint density at radius 2 is 1.86 bits per heavy atom. The molecule has 0 atom stereocenters. The lowest BCUT2D eigenvalue weighted by Gasteiger charge is -1.95. The lowest BCUT2D eigenvalue weighted by atomic mass is 10.3. The molecule has 0 aliphatic carbocycles. The van der Waals surface area contributed by atoms with Crippen molar-refractivity contribution in [2.24, 2.45) is 0 Å². The second-order valence-corrected chi connectivity index (χ2v) is 7.49. The molecule has 0 spiro atoms. The molecule has 0 bridgehead atoms. The van der Waals surface area contributed by atoms with E-state index in [1.54, 1.807) is 29.2 Å². The number of halogens is 1. The van der Waals surface area contributed by atoms with Gasteiger partial charge in [-0.3, -0.25) is 0 Å². The van der Waals surface area contributed by atoms with Gasteiger partial charge in [-0.25, -0.2) is 14.4 Å². The van der Waals surface area contributed by atoms with Crippen molar-refractivity contribution in [1.82, 2.24) is 9.97 Å². The molecule has 0 radical (unpaired) electrons. The number of hydrogen-bond donors (Lipinski definition) is 1. The number of thiazole rings is 2. The summed E-state index contributed by atoms with van der Waals surface area (Å²) in [6.45, 7) is 0. The van der Waals surface area contributed by atoms with Crippen molar-refractivity contribution in [3.63, 3.8) is 0 Å². The third kappa shape index (κ3) is 2.45. The zero-order valence-corrected chi connectivity index (χ0v) is 13.9. The van der Waals surface area contributed by atoms with Gasteiger partial charge in [-0.2, -0.15) is 0 Å². The number of thioether (sulfide) groups is 1. The average molecular weight is 347 g/mol. The fourth-order valence-electron chi connectivity index (χ4n) is 2.18. The Bertz CT molecular complexity index is 977. The minimum absolute atomic E-state index is 0.243. The topological polar surface area (TPSA) is 37.8 Å². The van der Waals surface area contributed by atoms with Gasteiger partial charge in [-0.15, -0.1) is 11.8 Å². The van der Waals surface area contributed by atoms with Crippen LogP contribution in [0.4, 0.5) is 14.7 Å². The van der Waals surface area contributed by atoms with E-state index in [4.69, 9.17) is 0 Å². The van der Waals surface area contributed by atoms with Gasteiger partial charge in [0, 0.05) is 4.90 Å². The van der Waals surface area contributed by atoms with Crippen LogP contribution in [0.1, 0.15) is 0 Å². The number of nitrogens with zero attached hydrogens (tertiary/aromatic N) is 2. The van der Waals surface area contributed by atoms with Gasteiger partial charge in [0.2, 0.25) is 0 Å². The predicted molar refractivity (Wildman–Crippen MR) is 94.3 cm³/mol. The first-order chi connectivity index (χ1) is 10.7. The van der Waals surface area contributed by atoms with Crippen LogP contribution in [0, 0.1) is 5.82 Å². The summed E-state index contributed by atoms with van der Waals surface area (Å²) < 4.78 is 15.2. The standard InChI is InChI=1S/C15H10FN3S3/c1-20-10-3-2-4-11-13(10)18-15(21-11)19-14-17-9-6-5-8(16)7-12(9)22-14/h2-7H,1H3,(H,17,18,19). The Kier molecular flexibility index (Phi) is 3.48. The number of rotatable bonds is 3. The molecule has 2 heterocycles. The minimum Gasteiger partial charge on any atom is -0.307 e. The van der Waals surface area contributed by atoms with E-state index >= 15 is 0 Å². The van der Waals surface area contributed by atoms with Crippen molar-refractivity contribution < 1.29 is 4.39 Å². The van der Waals surface area contributed by atoms with Crippen molar-refractivity contribution in [3.05, 3.63) is 42.2 Å². The van der Waals surface area contributed by atoms with Crippen molar-refractivity contribution >= 4 is 65.1 Å². The van der Waals surface area contributed by atoms with E-state index in [-0.39, 0.29) is 5.82 Å². The van der Waals surface area contributed by atoms with Crippen LogP contribution >= 0.6 is 34.4 Å². The van der Waals surface area contributed by atoms with E-state index < -0.39 is 0 Å². The number of para-hydroxylation sites is 1. The highest BCUT2D eigenvalue weighted by molar-refractivity contribution is 7.98. The summed E-state index contributed by atoms with van der Waals surface area (Å²) in [6, 6.07) is 10.8. The van der Waals surface area contributed by atoms with Crippen LogP contribution in [0.15, 0.2) is 41.3 Å². The van der Waals surface area contributed by atoms with Crippen LogP contribution in [0.2, 0.25) is 0 Å². The summed E-state index contributed by atoms with van der Waals surface area (Å²) in [4.78, 5) is 10.3. The van der Waals surface area contributed by atoms with E-state index in [0.29, 0.717) is 0 Å². The van der Waals surface area contributed by atoms with Gasteiger partial charge in [0.15, 0.2) is 10.3 Å². The van der Waals surface area contributed by atoms with Crippen LogP contribution in [0.25, 0.3) is 20.4 Å². The highest BCUT2D eigenvalue weighted by atomic mass is 32.2. The number of benzene rings is 2. The number of nitrogens with one attached hydrogen (secondary N) is 1. The second-order valence-electron chi connectivity index (χ2n) is 4.58. The summed E-state index contributed by atoms with van der Waals surface area (Å²) in [7, 11) is 0. The first-order valence-electron chi connectivity index (χ1n) is 6.49. The highest BCUT2D eigenvalue weighted by Gasteiger charge is 2.10. The maximum Gasteiger partial charge on any atom is 0.190 e. The molecular weight excluding hydrogens is 337 g/mol. The molecule has 2 aromatic carbocycles. The molecule has 0 fully saturated rings. The van der Waals surface area contributed by atoms with E-state index in [1.165, 1.54) is 23.5 Å². The fourth-order valence-corrected chi connectivity index (χ4v) is 4.66. The van der Waals surface area contributed by atoms with Crippen LogP contribution in [-0.2, 0) is 0 Å². The molecular formula is C15H10FN3S3. The van der Waals surface area contributed by atoms with Gasteiger partial charge in [0.1, 0.15) is 5.82 Å². The maximum atomic E-state index is 13.2. The predicted octanol–water partition coefficient (Wildman–Crippen LogP) is 5.51. The molecule has 0 unspecified atom stereocenters. The monoisotopic (exact) mass is 347 g/mol. The lowest BCUT2D eigenvalue weighted by Crippen LogP contribution is -1.87. The molecule has 22 heavy (non-hydrogen) atoms. The van der Waals surface area contributed by atoms with Crippen LogP contribution in [-0.4, -0.2) is 16.2 Å². The normalized spacial score (nSPS) is 11.4. The minimum atomic E-state index is -0.243. The Hall–Kier alpha value is -1.70. The van der Waals surface area contributed by atoms with Gasteiger partial charge in [0.25, 0.3) is 0 Å². The van der Waals surface area contributed by atoms with Gasteiger partial charge in [-0.1, -0.05) is 28.7 Å². The van der Waals surface area contributed by atoms with Crippen LogP contribution < -0.4 is 5.32 Å². The average Bonchev–Trinajstić information content (AvgIpc) is 3.09. The van der Waals surface area contributed by atoms with Crippen molar-refractivity contribution in [2.75, 3.05) is 11.6 Å². The molecule has 2 aromatic heterocycles. The zero-order valence-electron chi connectivity index (χ0n) is 11.5. The van der Waals surface area contributed by atoms with E-state index in [2.05, 4.69) is 27.4 Å². The molecule has 0 saturated carbocycles. The van der Waals surface area contributed by atoms with Gasteiger partial charge in [-0.05, 0) is 36.6 Å². The summed E-state index contributed by atoms with van der Waals surface area (Å²) in [5, 5.41) is 4.77. The lowest BCUT2D eigenvalue weighted by molar-refractivity contribution is 0.630. The number of hydrogen-bond acceptors (Lipinski definition) is 6. The molecule has 7 heteroatoms. The molecule has 4 rings (SSSR count). The van der Waals surface area contributed by atoms with Crippen molar-refractivity contribution in [2.45, 2.75) is 4.90 Å². The highest BCUT2D eigenvalue weighted by Crippen LogP contribution is 2.35. The molecule has 4 aromatic rings. The summed E-state index contributed by atoms with van der Waals surface area (Å²) in [5.74, 6) is -0.243. The molecule has 0 aliphatic rings. The number of anilines is 2. The maximum absolute atomic E-state index is 13.2. The summed E-state index contributed by atoms with van der Waals surface area (Å²) in [5.41, 5.74) is 1.80. The number of fused-ring (bicyclic) bond motifs is 2. The first-order valence-corrected chi connectivity index (χ1v) is 9.35. The fraction of sp³-hybridized carbons (Fsp3) is 0.0667. The Balaban J connectivity index is 1.72. The summed E-state index contributed by atoms with van der Waals surface area (Å²) >= 11 is 4.70. The molecule has 0 saturated heterocycles. The van der Waals surface area contributed by atoms with Crippen molar-refractivity contribution in [3.8, 4) is 0 Å². The quantitative estimate of drug-likeness (QED) is 0.496. The van der Waals surface area contributed by atoms with E-state index in [0.717, 1.165) is 35.6 Å². The Morgan fingerprint density at radius 3 is 2.73 bits per heavy atom. The van der Waals surface area contributed by atoms with Crippen molar-refractivity contribution in [1.29, 1.82) is 0 Å². The molecule has 0 aliphatic heterocycles. The third-order valence-electron chi connectivity index (χ3n) is 3.17. The van der Waals surface area contributed by atoms with E-state index in [9.17, 15) is 4.39 Å². The van der Waals surface area contributed by atoms with Gasteiger partial charge in [0.05, 0.1) is 20.4 Å². The largest absolute Gasteiger partial charge is 0.307 e. The molecule has 3 nitrogen and oxygen atoms in total. The smallest absolute Gasteiger partial charge is 0.190 e. The number of aromatic nitrogens is 2. The Labute approximate surface area is 138 Å². The zero-order chi connectivity index (χ0) is 15.1. The van der Waals surface area contributed by atoms with Gasteiger partial charge < -0.3 is 5.32 Å². The first kappa shape index (κ1) is 13.9. The van der Waals surface area contributed by atoms with Crippen LogP contribution in [0.5, 0.6) is 0 Å².